The summed E-state index contributed by atoms with van der Waals surface area (Å²) in [6.45, 7) is 0.609. The summed E-state index contributed by atoms with van der Waals surface area (Å²) in [6.07, 6.45) is 2.05. The number of nitrogens with one attached hydrogen (secondary N) is 2. The van der Waals surface area contributed by atoms with Gasteiger partial charge in [0.2, 0.25) is 5.91 Å². The van der Waals surface area contributed by atoms with Gasteiger partial charge in [-0.2, -0.15) is 5.10 Å². The van der Waals surface area contributed by atoms with E-state index >= 15 is 0 Å². The number of hydrogen-bond acceptors (Lipinski definition) is 4. The lowest BCUT2D eigenvalue weighted by Crippen LogP contribution is -2.31. The van der Waals surface area contributed by atoms with Crippen molar-refractivity contribution < 1.29 is 23.5 Å². The van der Waals surface area contributed by atoms with Crippen molar-refractivity contribution in [2.75, 3.05) is 16.8 Å². The first-order valence-electron chi connectivity index (χ1n) is 8.72. The highest BCUT2D eigenvalue weighted by molar-refractivity contribution is 6.10. The van der Waals surface area contributed by atoms with Crippen LogP contribution in [-0.2, 0) is 9.59 Å². The summed E-state index contributed by atoms with van der Waals surface area (Å²) in [7, 11) is 0. The number of aliphatic carboxylic acids is 1. The minimum atomic E-state index is -1.36. The SMILES string of the molecule is O=C(O)C1(C(=O)Nc2cc(N3CCC[C@@H]3c3cc(F)ccc3F)n[nH]2)CC1. The van der Waals surface area contributed by atoms with Crippen LogP contribution in [0.25, 0.3) is 0 Å². The van der Waals surface area contributed by atoms with Crippen molar-refractivity contribution in [3.63, 3.8) is 0 Å². The fourth-order valence-corrected chi connectivity index (χ4v) is 3.56. The lowest BCUT2D eigenvalue weighted by atomic mass is 10.0. The van der Waals surface area contributed by atoms with Crippen LogP contribution in [0.5, 0.6) is 0 Å². The molecule has 3 N–H and O–H groups in total. The molecule has 2 aliphatic rings. The van der Waals surface area contributed by atoms with Crippen molar-refractivity contribution in [3.8, 4) is 0 Å². The molecule has 4 rings (SSSR count). The number of H-pyrrole nitrogens is 1. The topological polar surface area (TPSA) is 98.3 Å². The summed E-state index contributed by atoms with van der Waals surface area (Å²) in [5, 5.41) is 18.5. The van der Waals surface area contributed by atoms with Crippen LogP contribution >= 0.6 is 0 Å². The van der Waals surface area contributed by atoms with Crippen molar-refractivity contribution in [2.24, 2.45) is 5.41 Å². The maximum atomic E-state index is 14.2. The molecule has 9 heteroatoms. The third-order valence-corrected chi connectivity index (χ3v) is 5.27. The number of anilines is 2. The number of carboxylic acid groups (broad SMARTS) is 1. The summed E-state index contributed by atoms with van der Waals surface area (Å²) in [4.78, 5) is 25.3. The Labute approximate surface area is 153 Å². The highest BCUT2D eigenvalue weighted by atomic mass is 19.1. The number of aromatic nitrogens is 2. The highest BCUT2D eigenvalue weighted by Gasteiger charge is 2.57. The molecule has 0 unspecified atom stereocenters. The van der Waals surface area contributed by atoms with E-state index in [1.54, 1.807) is 6.07 Å². The van der Waals surface area contributed by atoms with Gasteiger partial charge in [0, 0.05) is 18.2 Å². The van der Waals surface area contributed by atoms with Crippen LogP contribution in [0.2, 0.25) is 0 Å². The average molecular weight is 376 g/mol. The van der Waals surface area contributed by atoms with Gasteiger partial charge in [-0.05, 0) is 43.9 Å². The molecule has 27 heavy (non-hydrogen) atoms. The van der Waals surface area contributed by atoms with Gasteiger partial charge in [-0.1, -0.05) is 0 Å². The lowest BCUT2D eigenvalue weighted by Gasteiger charge is -2.25. The minimum Gasteiger partial charge on any atom is -0.480 e. The molecule has 142 valence electrons. The second-order valence-electron chi connectivity index (χ2n) is 7.00. The number of carbonyl (C=O) groups excluding carboxylic acids is 1. The van der Waals surface area contributed by atoms with Gasteiger partial charge in [0.05, 0.1) is 6.04 Å². The number of nitrogens with zero attached hydrogens (tertiary/aromatic N) is 2. The monoisotopic (exact) mass is 376 g/mol. The van der Waals surface area contributed by atoms with Crippen molar-refractivity contribution in [2.45, 2.75) is 31.7 Å². The highest BCUT2D eigenvalue weighted by Crippen LogP contribution is 2.47. The van der Waals surface area contributed by atoms with E-state index in [1.165, 1.54) is 6.07 Å². The molecule has 1 aliphatic heterocycles. The Morgan fingerprint density at radius 1 is 1.30 bits per heavy atom. The average Bonchev–Trinajstić information content (AvgIpc) is 3.10. The fraction of sp³-hybridized carbons (Fsp3) is 0.389. The van der Waals surface area contributed by atoms with Crippen molar-refractivity contribution in [3.05, 3.63) is 41.5 Å². The molecule has 7 nitrogen and oxygen atoms in total. The molecule has 2 fully saturated rings. The van der Waals surface area contributed by atoms with Gasteiger partial charge >= 0.3 is 5.97 Å². The molecule has 0 bridgehead atoms. The molecule has 2 aromatic rings. The molecular weight excluding hydrogens is 358 g/mol. The van der Waals surface area contributed by atoms with Crippen molar-refractivity contribution in [1.82, 2.24) is 10.2 Å². The number of halogens is 2. The summed E-state index contributed by atoms with van der Waals surface area (Å²) in [6, 6.07) is 4.60. The van der Waals surface area contributed by atoms with Gasteiger partial charge in [0.15, 0.2) is 5.82 Å². The molecule has 1 atom stereocenters. The molecule has 1 aromatic carbocycles. The number of aromatic amines is 1. The maximum absolute atomic E-state index is 14.2. The van der Waals surface area contributed by atoms with Crippen LogP contribution in [-0.4, -0.2) is 33.7 Å². The van der Waals surface area contributed by atoms with Crippen LogP contribution in [0, 0.1) is 17.0 Å². The lowest BCUT2D eigenvalue weighted by molar-refractivity contribution is -0.147. The standard InChI is InChI=1S/C18H18F2N4O3/c19-10-3-4-12(20)11(8-10)13-2-1-7-24(13)15-9-14(22-23-15)21-16(25)18(5-6-18)17(26)27/h3-4,8-9,13H,1-2,5-7H2,(H,26,27)(H2,21,22,23,25)/t13-/m1/s1. The third kappa shape index (κ3) is 3.02. The molecule has 1 aromatic heterocycles. The number of benzene rings is 1. The molecule has 1 saturated carbocycles. The molecule has 0 spiro atoms. The zero-order valence-electron chi connectivity index (χ0n) is 14.3. The van der Waals surface area contributed by atoms with E-state index < -0.39 is 28.9 Å². The smallest absolute Gasteiger partial charge is 0.319 e. The number of rotatable bonds is 5. The minimum absolute atomic E-state index is 0.267. The van der Waals surface area contributed by atoms with E-state index in [0.29, 0.717) is 31.6 Å². The summed E-state index contributed by atoms with van der Waals surface area (Å²) < 4.78 is 27.7. The van der Waals surface area contributed by atoms with E-state index in [2.05, 4.69) is 15.5 Å². The van der Waals surface area contributed by atoms with E-state index in [-0.39, 0.29) is 17.4 Å². The Kier molecular flexibility index (Phi) is 4.09. The third-order valence-electron chi connectivity index (χ3n) is 5.27. The van der Waals surface area contributed by atoms with E-state index in [0.717, 1.165) is 18.6 Å². The summed E-state index contributed by atoms with van der Waals surface area (Å²) in [5.41, 5.74) is -1.09. The maximum Gasteiger partial charge on any atom is 0.319 e. The Morgan fingerprint density at radius 3 is 2.78 bits per heavy atom. The van der Waals surface area contributed by atoms with Gasteiger partial charge < -0.3 is 15.3 Å². The van der Waals surface area contributed by atoms with E-state index in [1.807, 2.05) is 4.90 Å². The Morgan fingerprint density at radius 2 is 2.07 bits per heavy atom. The Balaban J connectivity index is 1.53. The van der Waals surface area contributed by atoms with Gasteiger partial charge in [0.1, 0.15) is 22.9 Å². The summed E-state index contributed by atoms with van der Waals surface area (Å²) in [5.74, 6) is -1.95. The normalized spacial score (nSPS) is 20.5. The number of carboxylic acids is 1. The zero-order valence-corrected chi connectivity index (χ0v) is 14.3. The largest absolute Gasteiger partial charge is 0.480 e. The first-order valence-corrected chi connectivity index (χ1v) is 8.72. The molecule has 1 saturated heterocycles. The number of amides is 1. The molecule has 1 aliphatic carbocycles. The predicted molar refractivity (Wildman–Crippen MR) is 92.2 cm³/mol. The predicted octanol–water partition coefficient (Wildman–Crippen LogP) is 2.83. The van der Waals surface area contributed by atoms with Crippen LogP contribution in [0.3, 0.4) is 0 Å². The molecule has 0 radical (unpaired) electrons. The van der Waals surface area contributed by atoms with Gasteiger partial charge in [-0.3, -0.25) is 14.7 Å². The van der Waals surface area contributed by atoms with Gasteiger partial charge in [0.25, 0.3) is 0 Å². The Bertz CT molecular complexity index is 910. The zero-order chi connectivity index (χ0) is 19.2. The molecular formula is C18H18F2N4O3. The van der Waals surface area contributed by atoms with Crippen LogP contribution in [0.1, 0.15) is 37.3 Å². The van der Waals surface area contributed by atoms with Crippen molar-refractivity contribution in [1.29, 1.82) is 0 Å². The van der Waals surface area contributed by atoms with Crippen LogP contribution < -0.4 is 10.2 Å². The molecule has 2 heterocycles. The van der Waals surface area contributed by atoms with Gasteiger partial charge in [-0.25, -0.2) is 8.78 Å². The molecule has 1 amide bonds. The second-order valence-corrected chi connectivity index (χ2v) is 7.00. The van der Waals surface area contributed by atoms with Crippen LogP contribution in [0.15, 0.2) is 24.3 Å². The number of carbonyl (C=O) groups is 2. The first kappa shape index (κ1) is 17.4. The Hall–Kier alpha value is -2.97. The fourth-order valence-electron chi connectivity index (χ4n) is 3.56. The van der Waals surface area contributed by atoms with Crippen LogP contribution in [0.4, 0.5) is 20.4 Å². The first-order chi connectivity index (χ1) is 12.9. The van der Waals surface area contributed by atoms with E-state index in [4.69, 9.17) is 0 Å². The van der Waals surface area contributed by atoms with Gasteiger partial charge in [-0.15, -0.1) is 0 Å². The van der Waals surface area contributed by atoms with E-state index in [9.17, 15) is 23.5 Å². The number of hydrogen-bond donors (Lipinski definition) is 3. The quantitative estimate of drug-likeness (QED) is 0.697. The second kappa shape index (κ2) is 6.33. The summed E-state index contributed by atoms with van der Waals surface area (Å²) >= 11 is 0. The van der Waals surface area contributed by atoms with Crippen molar-refractivity contribution >= 4 is 23.5 Å².